The van der Waals surface area contributed by atoms with Crippen molar-refractivity contribution in [1.29, 1.82) is 0 Å². The molecule has 0 radical (unpaired) electrons. The van der Waals surface area contributed by atoms with Crippen LogP contribution in [0.25, 0.3) is 22.0 Å². The first kappa shape index (κ1) is 25.1. The lowest BCUT2D eigenvalue weighted by Crippen LogP contribution is -2.28. The van der Waals surface area contributed by atoms with Crippen LogP contribution in [0.5, 0.6) is 5.88 Å². The summed E-state index contributed by atoms with van der Waals surface area (Å²) in [6.45, 7) is 1.41. The smallest absolute Gasteiger partial charge is 0.238 e. The quantitative estimate of drug-likeness (QED) is 0.392. The largest absolute Gasteiger partial charge is 0.476 e. The number of fused-ring (bicyclic) bond motifs is 4. The van der Waals surface area contributed by atoms with Crippen LogP contribution in [0.1, 0.15) is 44.1 Å². The summed E-state index contributed by atoms with van der Waals surface area (Å²) in [5, 5.41) is 0.592. The van der Waals surface area contributed by atoms with Crippen molar-refractivity contribution in [3.8, 4) is 17.0 Å². The molecule has 200 valence electrons. The number of benzene rings is 1. The molecule has 3 heterocycles. The highest BCUT2D eigenvalue weighted by Gasteiger charge is 2.59. The number of hydrogen-bond donors (Lipinski definition) is 1. The van der Waals surface area contributed by atoms with Gasteiger partial charge in [-0.25, -0.2) is 13.4 Å². The van der Waals surface area contributed by atoms with E-state index in [9.17, 15) is 13.2 Å². The number of nitrogens with one attached hydrogen (secondary N) is 1. The first-order valence-electron chi connectivity index (χ1n) is 13.2. The number of aromatic nitrogens is 2. The number of nitrogens with zero attached hydrogens (tertiary/aromatic N) is 4. The van der Waals surface area contributed by atoms with E-state index >= 15 is 0 Å². The van der Waals surface area contributed by atoms with E-state index in [2.05, 4.69) is 19.6 Å². The Morgan fingerprint density at radius 3 is 2.61 bits per heavy atom. The standard InChI is InChI=1S/C28H33N5O4S/c1-32(2)12-4-5-13-37-26-23(31-38(35,36)20-7-8-20)15-19(16-30-26)18-6-9-22-21(14-18)25-24(17-29-22)33(3)27(34)28(25)10-11-28/h6,9,14-17,20,31H,4-5,7-8,10-13H2,1-3H3. The summed E-state index contributed by atoms with van der Waals surface area (Å²) in [6, 6.07) is 7.75. The molecule has 1 amide bonds. The number of carbonyl (C=O) groups is 1. The van der Waals surface area contributed by atoms with Crippen LogP contribution in [0, 0.1) is 0 Å². The summed E-state index contributed by atoms with van der Waals surface area (Å²) in [4.78, 5) is 26.0. The average molecular weight is 536 g/mol. The van der Waals surface area contributed by atoms with Gasteiger partial charge in [-0.3, -0.25) is 14.5 Å². The molecule has 3 aromatic rings. The summed E-state index contributed by atoms with van der Waals surface area (Å²) in [6.07, 6.45) is 8.35. The second-order valence-electron chi connectivity index (χ2n) is 11.0. The molecule has 2 fully saturated rings. The van der Waals surface area contributed by atoms with Crippen LogP contribution in [-0.4, -0.2) is 68.7 Å². The minimum absolute atomic E-state index is 0.137. The van der Waals surface area contributed by atoms with Crippen molar-refractivity contribution in [2.75, 3.05) is 43.9 Å². The van der Waals surface area contributed by atoms with Gasteiger partial charge < -0.3 is 14.5 Å². The first-order valence-corrected chi connectivity index (χ1v) is 14.8. The number of ether oxygens (including phenoxy) is 1. The molecule has 1 aromatic carbocycles. The number of hydrogen-bond acceptors (Lipinski definition) is 7. The minimum Gasteiger partial charge on any atom is -0.476 e. The molecule has 1 N–H and O–H groups in total. The number of unbranched alkanes of at least 4 members (excludes halogenated alkanes) is 1. The van der Waals surface area contributed by atoms with Crippen LogP contribution < -0.4 is 14.4 Å². The van der Waals surface area contributed by atoms with Crippen molar-refractivity contribution >= 4 is 38.2 Å². The maximum absolute atomic E-state index is 13.0. The van der Waals surface area contributed by atoms with E-state index < -0.39 is 15.4 Å². The monoisotopic (exact) mass is 535 g/mol. The molecule has 2 aromatic heterocycles. The second kappa shape index (κ2) is 9.20. The molecule has 0 bridgehead atoms. The van der Waals surface area contributed by atoms with Crippen LogP contribution in [0.4, 0.5) is 11.4 Å². The molecule has 0 atom stereocenters. The van der Waals surface area contributed by atoms with Gasteiger partial charge in [0.25, 0.3) is 0 Å². The number of likely N-dealkylation sites (N-methyl/N-ethyl adjacent to an activating group) is 1. The van der Waals surface area contributed by atoms with Crippen LogP contribution in [-0.2, 0) is 20.2 Å². The van der Waals surface area contributed by atoms with E-state index in [4.69, 9.17) is 4.74 Å². The van der Waals surface area contributed by atoms with Gasteiger partial charge in [-0.2, -0.15) is 0 Å². The van der Waals surface area contributed by atoms with Crippen molar-refractivity contribution < 1.29 is 17.9 Å². The molecule has 9 nitrogen and oxygen atoms in total. The highest BCUT2D eigenvalue weighted by Crippen LogP contribution is 2.58. The van der Waals surface area contributed by atoms with Crippen molar-refractivity contribution in [2.24, 2.45) is 0 Å². The Morgan fingerprint density at radius 1 is 1.11 bits per heavy atom. The third kappa shape index (κ3) is 4.39. The maximum Gasteiger partial charge on any atom is 0.238 e. The van der Waals surface area contributed by atoms with Gasteiger partial charge >= 0.3 is 0 Å². The predicted molar refractivity (Wildman–Crippen MR) is 148 cm³/mol. The van der Waals surface area contributed by atoms with Gasteiger partial charge in [0, 0.05) is 29.8 Å². The second-order valence-corrected chi connectivity index (χ2v) is 12.9. The normalized spacial score (nSPS) is 17.9. The topological polar surface area (TPSA) is 105 Å². The summed E-state index contributed by atoms with van der Waals surface area (Å²) in [5.41, 5.74) is 4.32. The van der Waals surface area contributed by atoms with Gasteiger partial charge in [0.1, 0.15) is 5.69 Å². The van der Waals surface area contributed by atoms with Gasteiger partial charge in [-0.05, 0) is 82.9 Å². The fourth-order valence-corrected chi connectivity index (χ4v) is 6.73. The molecular weight excluding hydrogens is 502 g/mol. The highest BCUT2D eigenvalue weighted by atomic mass is 32.2. The summed E-state index contributed by atoms with van der Waals surface area (Å²) in [5.74, 6) is 0.424. The Hall–Kier alpha value is -3.24. The van der Waals surface area contributed by atoms with Crippen LogP contribution >= 0.6 is 0 Å². The lowest BCUT2D eigenvalue weighted by Gasteiger charge is -2.15. The third-order valence-corrected chi connectivity index (χ3v) is 9.64. The van der Waals surface area contributed by atoms with Crippen molar-refractivity contribution in [3.63, 3.8) is 0 Å². The van der Waals surface area contributed by atoms with Crippen molar-refractivity contribution in [3.05, 3.63) is 42.2 Å². The van der Waals surface area contributed by atoms with E-state index in [-0.39, 0.29) is 17.0 Å². The van der Waals surface area contributed by atoms with Crippen molar-refractivity contribution in [2.45, 2.75) is 49.2 Å². The van der Waals surface area contributed by atoms with E-state index in [0.717, 1.165) is 65.5 Å². The highest BCUT2D eigenvalue weighted by molar-refractivity contribution is 7.93. The zero-order valence-corrected chi connectivity index (χ0v) is 22.8. The minimum atomic E-state index is -3.50. The molecule has 3 aliphatic rings. The molecule has 2 saturated carbocycles. The Morgan fingerprint density at radius 2 is 1.89 bits per heavy atom. The predicted octanol–water partition coefficient (Wildman–Crippen LogP) is 3.93. The molecule has 10 heteroatoms. The summed E-state index contributed by atoms with van der Waals surface area (Å²) in [7, 11) is 2.38. The summed E-state index contributed by atoms with van der Waals surface area (Å²) < 4.78 is 34.3. The molecule has 38 heavy (non-hydrogen) atoms. The molecule has 2 aliphatic carbocycles. The zero-order chi connectivity index (χ0) is 26.7. The summed E-state index contributed by atoms with van der Waals surface area (Å²) >= 11 is 0. The average Bonchev–Trinajstić information content (AvgIpc) is 3.80. The van der Waals surface area contributed by atoms with E-state index in [1.807, 2.05) is 39.3 Å². The number of sulfonamides is 1. The number of pyridine rings is 2. The Labute approximate surface area is 223 Å². The fourth-order valence-electron chi connectivity index (χ4n) is 5.36. The Balaban J connectivity index is 1.35. The Kier molecular flexibility index (Phi) is 6.07. The van der Waals surface area contributed by atoms with Crippen LogP contribution in [0.3, 0.4) is 0 Å². The van der Waals surface area contributed by atoms with Gasteiger partial charge in [-0.1, -0.05) is 6.07 Å². The van der Waals surface area contributed by atoms with E-state index in [1.54, 1.807) is 23.4 Å². The molecule has 1 aliphatic heterocycles. The van der Waals surface area contributed by atoms with Gasteiger partial charge in [0.2, 0.25) is 21.8 Å². The number of anilines is 2. The lowest BCUT2D eigenvalue weighted by atomic mass is 9.92. The third-order valence-electron chi connectivity index (χ3n) is 7.79. The molecule has 6 rings (SSSR count). The van der Waals surface area contributed by atoms with Gasteiger partial charge in [0.15, 0.2) is 0 Å². The lowest BCUT2D eigenvalue weighted by molar-refractivity contribution is -0.119. The van der Waals surface area contributed by atoms with E-state index in [1.165, 1.54) is 0 Å². The van der Waals surface area contributed by atoms with Gasteiger partial charge in [0.05, 0.1) is 34.7 Å². The molecule has 0 saturated heterocycles. The van der Waals surface area contributed by atoms with E-state index in [0.29, 0.717) is 25.1 Å². The number of carbonyl (C=O) groups excluding carboxylic acids is 1. The molecule has 0 unspecified atom stereocenters. The fraction of sp³-hybridized carbons (Fsp3) is 0.464. The molecular formula is C28H33N5O4S. The zero-order valence-electron chi connectivity index (χ0n) is 22.0. The van der Waals surface area contributed by atoms with Crippen LogP contribution in [0.2, 0.25) is 0 Å². The first-order chi connectivity index (χ1) is 18.2. The molecule has 1 spiro atoms. The maximum atomic E-state index is 13.0. The number of rotatable bonds is 10. The van der Waals surface area contributed by atoms with Crippen LogP contribution in [0.15, 0.2) is 36.7 Å². The van der Waals surface area contributed by atoms with Crippen molar-refractivity contribution in [1.82, 2.24) is 14.9 Å². The number of amides is 1. The Bertz CT molecular complexity index is 1530. The SMILES string of the molecule is CN(C)CCCCOc1ncc(-c2ccc3ncc4c(c3c2)C2(CC2)C(=O)N4C)cc1NS(=O)(=O)C1CC1. The van der Waals surface area contributed by atoms with Gasteiger partial charge in [-0.15, -0.1) is 0 Å².